The standard InChI is InChI=1S/C20H16N4O7S2/c1-11-10-32-20(21-11)33-17-8-3-13(9-16(17)24(29)30)19(26)31-12(2)18(25)22-14-4-6-15(7-5-14)23(27)28/h3-10,12H,1-2H3,(H,22,25). The third-order valence-electron chi connectivity index (χ3n) is 4.19. The number of aryl methyl sites for hydroxylation is 1. The minimum Gasteiger partial charge on any atom is -0.449 e. The summed E-state index contributed by atoms with van der Waals surface area (Å²) in [6.07, 6.45) is -1.22. The largest absolute Gasteiger partial charge is 0.449 e. The Balaban J connectivity index is 1.68. The van der Waals surface area contributed by atoms with Crippen LogP contribution in [0.5, 0.6) is 0 Å². The fourth-order valence-electron chi connectivity index (χ4n) is 2.54. The molecule has 0 saturated heterocycles. The van der Waals surface area contributed by atoms with Gasteiger partial charge in [-0.3, -0.25) is 25.0 Å². The van der Waals surface area contributed by atoms with Gasteiger partial charge in [-0.15, -0.1) is 11.3 Å². The van der Waals surface area contributed by atoms with Gasteiger partial charge in [-0.2, -0.15) is 0 Å². The second kappa shape index (κ2) is 10.2. The van der Waals surface area contributed by atoms with Crippen LogP contribution < -0.4 is 5.32 Å². The SMILES string of the molecule is Cc1csc(Sc2ccc(C(=O)OC(C)C(=O)Nc3ccc([N+](=O)[O-])cc3)cc2[N+](=O)[O-])n1. The van der Waals surface area contributed by atoms with Gasteiger partial charge in [-0.1, -0.05) is 11.8 Å². The van der Waals surface area contributed by atoms with Crippen LogP contribution in [-0.2, 0) is 9.53 Å². The van der Waals surface area contributed by atoms with Crippen LogP contribution in [0.25, 0.3) is 0 Å². The van der Waals surface area contributed by atoms with E-state index in [9.17, 15) is 29.8 Å². The summed E-state index contributed by atoms with van der Waals surface area (Å²) < 4.78 is 5.76. The summed E-state index contributed by atoms with van der Waals surface area (Å²) >= 11 is 2.46. The summed E-state index contributed by atoms with van der Waals surface area (Å²) in [6, 6.07) is 9.02. The van der Waals surface area contributed by atoms with Crippen LogP contribution in [0.2, 0.25) is 0 Å². The molecule has 170 valence electrons. The lowest BCUT2D eigenvalue weighted by atomic mass is 10.2. The fraction of sp³-hybridized carbons (Fsp3) is 0.150. The number of nitrogens with zero attached hydrogens (tertiary/aromatic N) is 3. The fourth-order valence-corrected chi connectivity index (χ4v) is 4.42. The molecule has 3 aromatic rings. The Bertz CT molecular complexity index is 1230. The van der Waals surface area contributed by atoms with Gasteiger partial charge in [0.1, 0.15) is 0 Å². The number of nitro groups is 2. The maximum absolute atomic E-state index is 12.5. The summed E-state index contributed by atoms with van der Waals surface area (Å²) in [4.78, 5) is 50.4. The van der Waals surface area contributed by atoms with Gasteiger partial charge in [0.15, 0.2) is 10.4 Å². The third kappa shape index (κ3) is 6.11. The molecule has 1 atom stereocenters. The Hall–Kier alpha value is -3.84. The van der Waals surface area contributed by atoms with Crippen molar-refractivity contribution in [3.63, 3.8) is 0 Å². The minimum atomic E-state index is -1.22. The molecule has 1 heterocycles. The van der Waals surface area contributed by atoms with E-state index < -0.39 is 27.8 Å². The van der Waals surface area contributed by atoms with Crippen molar-refractivity contribution in [2.75, 3.05) is 5.32 Å². The van der Waals surface area contributed by atoms with E-state index in [0.717, 1.165) is 23.5 Å². The number of nitro benzene ring substituents is 2. The van der Waals surface area contributed by atoms with Gasteiger partial charge < -0.3 is 10.1 Å². The van der Waals surface area contributed by atoms with E-state index in [4.69, 9.17) is 4.74 Å². The average Bonchev–Trinajstić information content (AvgIpc) is 3.18. The van der Waals surface area contributed by atoms with Crippen LogP contribution in [0, 0.1) is 27.2 Å². The number of anilines is 1. The van der Waals surface area contributed by atoms with Crippen LogP contribution in [0.4, 0.5) is 17.1 Å². The Labute approximate surface area is 195 Å². The summed E-state index contributed by atoms with van der Waals surface area (Å²) in [5.41, 5.74) is 0.566. The summed E-state index contributed by atoms with van der Waals surface area (Å²) in [5, 5.41) is 26.5. The maximum Gasteiger partial charge on any atom is 0.339 e. The number of amides is 1. The zero-order valence-electron chi connectivity index (χ0n) is 17.2. The number of ether oxygens (including phenoxy) is 1. The van der Waals surface area contributed by atoms with Crippen molar-refractivity contribution in [3.05, 3.63) is 79.3 Å². The summed E-state index contributed by atoms with van der Waals surface area (Å²) in [6.45, 7) is 3.15. The van der Waals surface area contributed by atoms with Crippen molar-refractivity contribution in [2.24, 2.45) is 0 Å². The molecule has 0 aliphatic rings. The molecule has 1 N–H and O–H groups in total. The highest BCUT2D eigenvalue weighted by Crippen LogP contribution is 2.37. The van der Waals surface area contributed by atoms with Crippen LogP contribution in [-0.4, -0.2) is 32.8 Å². The van der Waals surface area contributed by atoms with E-state index >= 15 is 0 Å². The third-order valence-corrected chi connectivity index (χ3v) is 6.31. The molecule has 1 aromatic heterocycles. The molecule has 0 aliphatic heterocycles. The number of thiazole rings is 1. The van der Waals surface area contributed by atoms with Gasteiger partial charge in [0.2, 0.25) is 0 Å². The molecule has 0 fully saturated rings. The molecule has 11 nitrogen and oxygen atoms in total. The second-order valence-corrected chi connectivity index (χ2v) is 8.78. The van der Waals surface area contributed by atoms with Crippen molar-refractivity contribution >= 4 is 52.0 Å². The number of benzene rings is 2. The quantitative estimate of drug-likeness (QED) is 0.272. The number of aromatic nitrogens is 1. The highest BCUT2D eigenvalue weighted by atomic mass is 32.2. The first-order valence-electron chi connectivity index (χ1n) is 9.28. The number of carbonyl (C=O) groups is 2. The molecule has 0 bridgehead atoms. The van der Waals surface area contributed by atoms with Gasteiger partial charge in [0, 0.05) is 35.0 Å². The highest BCUT2D eigenvalue weighted by Gasteiger charge is 2.23. The number of carbonyl (C=O) groups excluding carboxylic acids is 2. The molecule has 0 radical (unpaired) electrons. The van der Waals surface area contributed by atoms with E-state index in [1.54, 1.807) is 0 Å². The number of esters is 1. The second-order valence-electron chi connectivity index (χ2n) is 6.64. The van der Waals surface area contributed by atoms with Gasteiger partial charge in [0.25, 0.3) is 17.3 Å². The number of hydrogen-bond donors (Lipinski definition) is 1. The Kier molecular flexibility index (Phi) is 7.35. The van der Waals surface area contributed by atoms with Crippen molar-refractivity contribution in [1.82, 2.24) is 4.98 Å². The van der Waals surface area contributed by atoms with Gasteiger partial charge >= 0.3 is 5.97 Å². The number of hydrogen-bond acceptors (Lipinski definition) is 10. The van der Waals surface area contributed by atoms with E-state index in [2.05, 4.69) is 10.3 Å². The number of non-ortho nitro benzene ring substituents is 1. The average molecular weight is 489 g/mol. The molecule has 0 saturated carbocycles. The molecular formula is C20H16N4O7S2. The molecular weight excluding hydrogens is 472 g/mol. The van der Waals surface area contributed by atoms with E-state index in [-0.39, 0.29) is 22.6 Å². The van der Waals surface area contributed by atoms with Gasteiger partial charge in [0.05, 0.1) is 20.3 Å². The first-order valence-corrected chi connectivity index (χ1v) is 11.0. The highest BCUT2D eigenvalue weighted by molar-refractivity contribution is 8.01. The van der Waals surface area contributed by atoms with Crippen molar-refractivity contribution in [2.45, 2.75) is 29.2 Å². The van der Waals surface area contributed by atoms with Crippen LogP contribution in [0.15, 0.2) is 57.1 Å². The number of rotatable bonds is 8. The Morgan fingerprint density at radius 3 is 2.39 bits per heavy atom. The first kappa shape index (κ1) is 23.8. The van der Waals surface area contributed by atoms with Crippen molar-refractivity contribution < 1.29 is 24.2 Å². The van der Waals surface area contributed by atoms with Crippen LogP contribution in [0.3, 0.4) is 0 Å². The monoisotopic (exact) mass is 488 g/mol. The maximum atomic E-state index is 12.5. The predicted octanol–water partition coefficient (Wildman–Crippen LogP) is 4.60. The van der Waals surface area contributed by atoms with E-state index in [1.165, 1.54) is 54.7 Å². The van der Waals surface area contributed by atoms with Crippen LogP contribution in [0.1, 0.15) is 23.0 Å². The molecule has 1 amide bonds. The lowest BCUT2D eigenvalue weighted by molar-refractivity contribution is -0.387. The van der Waals surface area contributed by atoms with E-state index in [1.807, 2.05) is 12.3 Å². The van der Waals surface area contributed by atoms with Crippen molar-refractivity contribution in [1.29, 1.82) is 0 Å². The zero-order chi connectivity index (χ0) is 24.1. The zero-order valence-corrected chi connectivity index (χ0v) is 18.8. The molecule has 33 heavy (non-hydrogen) atoms. The number of nitrogens with one attached hydrogen (secondary N) is 1. The molecule has 1 unspecified atom stereocenters. The lowest BCUT2D eigenvalue weighted by Gasteiger charge is -2.13. The first-order chi connectivity index (χ1) is 15.6. The molecule has 13 heteroatoms. The smallest absolute Gasteiger partial charge is 0.339 e. The molecule has 2 aromatic carbocycles. The molecule has 0 aliphatic carbocycles. The van der Waals surface area contributed by atoms with Crippen LogP contribution >= 0.6 is 23.1 Å². The minimum absolute atomic E-state index is 0.0867. The van der Waals surface area contributed by atoms with E-state index in [0.29, 0.717) is 9.24 Å². The summed E-state index contributed by atoms with van der Waals surface area (Å²) in [7, 11) is 0. The molecule has 0 spiro atoms. The predicted molar refractivity (Wildman–Crippen MR) is 121 cm³/mol. The van der Waals surface area contributed by atoms with Crippen molar-refractivity contribution in [3.8, 4) is 0 Å². The topological polar surface area (TPSA) is 155 Å². The summed E-state index contributed by atoms with van der Waals surface area (Å²) in [5.74, 6) is -1.58. The normalized spacial score (nSPS) is 11.5. The Morgan fingerprint density at radius 1 is 1.12 bits per heavy atom. The lowest BCUT2D eigenvalue weighted by Crippen LogP contribution is -2.30. The molecule has 3 rings (SSSR count). The van der Waals surface area contributed by atoms with Gasteiger partial charge in [-0.05, 0) is 38.1 Å². The van der Waals surface area contributed by atoms with Gasteiger partial charge in [-0.25, -0.2) is 9.78 Å². The Morgan fingerprint density at radius 2 is 1.82 bits per heavy atom.